The van der Waals surface area contributed by atoms with Gasteiger partial charge < -0.3 is 24.6 Å². The Morgan fingerprint density at radius 1 is 0.667 bits per heavy atom. The van der Waals surface area contributed by atoms with Crippen LogP contribution in [-0.2, 0) is 32.7 Å². The summed E-state index contributed by atoms with van der Waals surface area (Å²) in [6.45, 7) is 2.25. The fraction of sp³-hybridized carbons (Fsp3) is 0.824. The molecule has 0 aromatic carbocycles. The van der Waals surface area contributed by atoms with E-state index in [1.54, 1.807) is 0 Å². The second-order valence-corrected chi connectivity index (χ2v) is 13.0. The zero-order valence-corrected chi connectivity index (χ0v) is 29.0. The molecule has 0 amide bonds. The third-order valence-electron chi connectivity index (χ3n) is 7.11. The molecule has 0 spiro atoms. The first-order valence-electron chi connectivity index (χ1n) is 17.3. The molecule has 264 valence electrons. The van der Waals surface area contributed by atoms with Crippen molar-refractivity contribution in [3.8, 4) is 0 Å². The zero-order chi connectivity index (χ0) is 33.4. The van der Waals surface area contributed by atoms with Gasteiger partial charge in [-0.05, 0) is 44.9 Å². The highest BCUT2D eigenvalue weighted by Crippen LogP contribution is 2.43. The molecule has 11 heteroatoms. The second kappa shape index (κ2) is 31.1. The van der Waals surface area contributed by atoms with Gasteiger partial charge in [0.05, 0.1) is 19.8 Å². The Labute approximate surface area is 272 Å². The first-order chi connectivity index (χ1) is 21.7. The summed E-state index contributed by atoms with van der Waals surface area (Å²) in [4.78, 5) is 34.5. The predicted octanol–water partition coefficient (Wildman–Crippen LogP) is 7.88. The van der Waals surface area contributed by atoms with Crippen molar-refractivity contribution in [2.45, 2.75) is 154 Å². The number of carbonyl (C=O) groups is 2. The third-order valence-corrected chi connectivity index (χ3v) is 8.06. The number of aliphatic hydroxyl groups is 2. The molecule has 0 saturated carbocycles. The van der Waals surface area contributed by atoms with Gasteiger partial charge in [0.1, 0.15) is 12.7 Å². The van der Waals surface area contributed by atoms with Crippen molar-refractivity contribution >= 4 is 19.8 Å². The van der Waals surface area contributed by atoms with Gasteiger partial charge in [0.15, 0.2) is 6.10 Å². The first-order valence-corrected chi connectivity index (χ1v) is 18.8. The molecule has 10 nitrogen and oxygen atoms in total. The van der Waals surface area contributed by atoms with Crippen LogP contribution in [0.5, 0.6) is 0 Å². The number of carbonyl (C=O) groups excluding carboxylic acids is 2. The van der Waals surface area contributed by atoms with Crippen molar-refractivity contribution in [2.75, 3.05) is 26.4 Å². The SMILES string of the molecule is CCCCC/C=C/C/C=C/CCCCCCCC(=O)OC[C@@H](COP(=O)(O)OC[C@H](O)CO)OC(=O)CCCCCCCCC. The number of phosphoric ester groups is 1. The van der Waals surface area contributed by atoms with E-state index < -0.39 is 51.8 Å². The lowest BCUT2D eigenvalue weighted by Gasteiger charge is -2.20. The number of aliphatic hydroxyl groups excluding tert-OH is 2. The Kier molecular flexibility index (Phi) is 30.0. The van der Waals surface area contributed by atoms with Gasteiger partial charge >= 0.3 is 19.8 Å². The number of ether oxygens (including phenoxy) is 2. The smallest absolute Gasteiger partial charge is 0.462 e. The Morgan fingerprint density at radius 3 is 1.76 bits per heavy atom. The maximum absolute atomic E-state index is 12.4. The van der Waals surface area contributed by atoms with Crippen molar-refractivity contribution in [2.24, 2.45) is 0 Å². The topological polar surface area (TPSA) is 149 Å². The molecule has 3 atom stereocenters. The maximum atomic E-state index is 12.4. The number of phosphoric acid groups is 1. The van der Waals surface area contributed by atoms with Gasteiger partial charge in [-0.15, -0.1) is 0 Å². The summed E-state index contributed by atoms with van der Waals surface area (Å²) in [5, 5.41) is 18.2. The van der Waals surface area contributed by atoms with Crippen LogP contribution in [0.1, 0.15) is 142 Å². The quantitative estimate of drug-likeness (QED) is 0.0281. The Bertz CT molecular complexity index is 817. The van der Waals surface area contributed by atoms with Crippen molar-refractivity contribution < 1.29 is 47.8 Å². The van der Waals surface area contributed by atoms with Crippen molar-refractivity contribution in [3.63, 3.8) is 0 Å². The van der Waals surface area contributed by atoms with E-state index in [0.717, 1.165) is 57.8 Å². The fourth-order valence-electron chi connectivity index (χ4n) is 4.37. The Hall–Kier alpha value is -1.55. The molecule has 1 unspecified atom stereocenters. The van der Waals surface area contributed by atoms with Crippen LogP contribution in [0.25, 0.3) is 0 Å². The summed E-state index contributed by atoms with van der Waals surface area (Å²) in [6, 6.07) is 0. The molecule has 0 rings (SSSR count). The monoisotopic (exact) mass is 662 g/mol. The highest BCUT2D eigenvalue weighted by atomic mass is 31.2. The van der Waals surface area contributed by atoms with Crippen LogP contribution in [0.15, 0.2) is 24.3 Å². The standard InChI is InChI=1S/C34H63O10P/c1-3-5-7-9-11-12-13-14-15-16-17-18-20-21-23-25-33(37)41-29-32(30-43-45(39,40)42-28-31(36)27-35)44-34(38)26-24-22-19-10-8-6-4-2/h11-12,14-15,31-32,35-36H,3-10,13,16-30H2,1-2H3,(H,39,40)/b12-11+,15-14+/t31-,32+/m1/s1. The van der Waals surface area contributed by atoms with Crippen molar-refractivity contribution in [1.82, 2.24) is 0 Å². The molecule has 0 aliphatic rings. The van der Waals surface area contributed by atoms with Crippen LogP contribution in [0, 0.1) is 0 Å². The average Bonchev–Trinajstić information content (AvgIpc) is 3.02. The molecule has 0 heterocycles. The van der Waals surface area contributed by atoms with Crippen LogP contribution >= 0.6 is 7.82 Å². The molecule has 0 bridgehead atoms. The van der Waals surface area contributed by atoms with Gasteiger partial charge in [0.25, 0.3) is 0 Å². The van der Waals surface area contributed by atoms with Crippen LogP contribution in [0.3, 0.4) is 0 Å². The van der Waals surface area contributed by atoms with Crippen LogP contribution in [0.4, 0.5) is 0 Å². The summed E-state index contributed by atoms with van der Waals surface area (Å²) >= 11 is 0. The van der Waals surface area contributed by atoms with Gasteiger partial charge in [-0.2, -0.15) is 0 Å². The predicted molar refractivity (Wildman–Crippen MR) is 178 cm³/mol. The highest BCUT2D eigenvalue weighted by Gasteiger charge is 2.27. The Morgan fingerprint density at radius 2 is 1.16 bits per heavy atom. The maximum Gasteiger partial charge on any atom is 0.472 e. The molecule has 0 radical (unpaired) electrons. The molecular formula is C34H63O10P. The molecule has 0 aromatic rings. The van der Waals surface area contributed by atoms with E-state index >= 15 is 0 Å². The fourth-order valence-corrected chi connectivity index (χ4v) is 5.16. The van der Waals surface area contributed by atoms with E-state index in [4.69, 9.17) is 19.1 Å². The number of hydrogen-bond acceptors (Lipinski definition) is 9. The average molecular weight is 663 g/mol. The highest BCUT2D eigenvalue weighted by molar-refractivity contribution is 7.47. The molecule has 0 aliphatic carbocycles. The molecule has 0 aromatic heterocycles. The van der Waals surface area contributed by atoms with Crippen LogP contribution < -0.4 is 0 Å². The normalized spacial score (nSPS) is 14.5. The van der Waals surface area contributed by atoms with E-state index in [1.807, 2.05) is 0 Å². The van der Waals surface area contributed by atoms with Crippen molar-refractivity contribution in [1.29, 1.82) is 0 Å². The van der Waals surface area contributed by atoms with Crippen LogP contribution in [-0.4, -0.2) is 65.7 Å². The lowest BCUT2D eigenvalue weighted by atomic mass is 10.1. The van der Waals surface area contributed by atoms with Crippen molar-refractivity contribution in [3.05, 3.63) is 24.3 Å². The van der Waals surface area contributed by atoms with E-state index in [-0.39, 0.29) is 19.4 Å². The second-order valence-electron chi connectivity index (χ2n) is 11.5. The number of unbranched alkanes of at least 4 members (excludes halogenated alkanes) is 14. The summed E-state index contributed by atoms with van der Waals surface area (Å²) in [5.74, 6) is -0.949. The minimum absolute atomic E-state index is 0.181. The molecule has 0 saturated heterocycles. The van der Waals surface area contributed by atoms with Gasteiger partial charge in [0.2, 0.25) is 0 Å². The Balaban J connectivity index is 4.36. The van der Waals surface area contributed by atoms with Gasteiger partial charge in [-0.25, -0.2) is 4.57 Å². The first kappa shape index (κ1) is 43.5. The summed E-state index contributed by atoms with van der Waals surface area (Å²) in [7, 11) is -4.60. The molecule has 0 aliphatic heterocycles. The minimum atomic E-state index is -4.60. The third kappa shape index (κ3) is 30.8. The number of allylic oxidation sites excluding steroid dienone is 4. The van der Waals surface area contributed by atoms with E-state index in [0.29, 0.717) is 12.8 Å². The number of hydrogen-bond donors (Lipinski definition) is 3. The zero-order valence-electron chi connectivity index (χ0n) is 28.1. The molecule has 3 N–H and O–H groups in total. The van der Waals surface area contributed by atoms with E-state index in [1.165, 1.54) is 44.9 Å². The molecular weight excluding hydrogens is 599 g/mol. The summed E-state index contributed by atoms with van der Waals surface area (Å²) in [6.07, 6.45) is 26.0. The summed E-state index contributed by atoms with van der Waals surface area (Å²) in [5.41, 5.74) is 0. The summed E-state index contributed by atoms with van der Waals surface area (Å²) < 4.78 is 32.3. The lowest BCUT2D eigenvalue weighted by Crippen LogP contribution is -2.29. The van der Waals surface area contributed by atoms with Gasteiger partial charge in [-0.1, -0.05) is 109 Å². The van der Waals surface area contributed by atoms with Gasteiger partial charge in [-0.3, -0.25) is 18.6 Å². The molecule has 0 fully saturated rings. The number of rotatable bonds is 32. The minimum Gasteiger partial charge on any atom is -0.462 e. The lowest BCUT2D eigenvalue weighted by molar-refractivity contribution is -0.161. The van der Waals surface area contributed by atoms with Gasteiger partial charge in [0, 0.05) is 12.8 Å². The van der Waals surface area contributed by atoms with E-state index in [9.17, 15) is 24.2 Å². The van der Waals surface area contributed by atoms with Crippen LogP contribution in [0.2, 0.25) is 0 Å². The molecule has 45 heavy (non-hydrogen) atoms. The number of esters is 2. The van der Waals surface area contributed by atoms with E-state index in [2.05, 4.69) is 42.7 Å². The largest absolute Gasteiger partial charge is 0.472 e.